The van der Waals surface area contributed by atoms with Gasteiger partial charge in [-0.1, -0.05) is 17.7 Å². The van der Waals surface area contributed by atoms with E-state index in [0.717, 1.165) is 24.0 Å². The summed E-state index contributed by atoms with van der Waals surface area (Å²) in [6.07, 6.45) is 3.54. The first-order valence-corrected chi connectivity index (χ1v) is 6.39. The molecule has 88 valence electrons. The molecule has 2 nitrogen and oxygen atoms in total. The van der Waals surface area contributed by atoms with E-state index in [1.165, 1.54) is 24.1 Å². The molecule has 3 heteroatoms. The molecule has 0 amide bonds. The first-order valence-electron chi connectivity index (χ1n) is 6.01. The van der Waals surface area contributed by atoms with E-state index in [-0.39, 0.29) is 0 Å². The zero-order chi connectivity index (χ0) is 11.5. The molecule has 1 aromatic carbocycles. The maximum absolute atomic E-state index is 6.09. The molecule has 0 aromatic heterocycles. The summed E-state index contributed by atoms with van der Waals surface area (Å²) in [7, 11) is 0. The molecular formula is C13H19ClN2. The Morgan fingerprint density at radius 1 is 1.44 bits per heavy atom. The third kappa shape index (κ3) is 2.50. The van der Waals surface area contributed by atoms with Crippen LogP contribution in [0.15, 0.2) is 18.2 Å². The minimum absolute atomic E-state index is 0.691. The smallest absolute Gasteiger partial charge is 0.0426 e. The summed E-state index contributed by atoms with van der Waals surface area (Å²) in [4.78, 5) is 2.46. The van der Waals surface area contributed by atoms with Crippen molar-refractivity contribution in [1.82, 2.24) is 0 Å². The van der Waals surface area contributed by atoms with E-state index in [0.29, 0.717) is 6.54 Å². The lowest BCUT2D eigenvalue weighted by molar-refractivity contribution is 0.813. The van der Waals surface area contributed by atoms with Crippen molar-refractivity contribution in [1.29, 1.82) is 0 Å². The van der Waals surface area contributed by atoms with Gasteiger partial charge in [0.1, 0.15) is 0 Å². The van der Waals surface area contributed by atoms with E-state index >= 15 is 0 Å². The van der Waals surface area contributed by atoms with Crippen LogP contribution >= 0.6 is 11.6 Å². The van der Waals surface area contributed by atoms with Crippen molar-refractivity contribution in [2.45, 2.75) is 32.2 Å². The quantitative estimate of drug-likeness (QED) is 0.855. The van der Waals surface area contributed by atoms with Gasteiger partial charge in [0.15, 0.2) is 0 Å². The van der Waals surface area contributed by atoms with Crippen molar-refractivity contribution < 1.29 is 0 Å². The molecule has 0 aliphatic heterocycles. The lowest BCUT2D eigenvalue weighted by Crippen LogP contribution is -2.26. The van der Waals surface area contributed by atoms with Gasteiger partial charge in [-0.2, -0.15) is 0 Å². The zero-order valence-corrected chi connectivity index (χ0v) is 10.5. The largest absolute Gasteiger partial charge is 0.369 e. The van der Waals surface area contributed by atoms with Crippen LogP contribution in [0.3, 0.4) is 0 Å². The van der Waals surface area contributed by atoms with E-state index in [9.17, 15) is 0 Å². The lowest BCUT2D eigenvalue weighted by atomic mass is 10.1. The molecular weight excluding hydrogens is 220 g/mol. The fourth-order valence-electron chi connectivity index (χ4n) is 2.18. The molecule has 2 N–H and O–H groups in total. The molecule has 0 radical (unpaired) electrons. The van der Waals surface area contributed by atoms with E-state index in [4.69, 9.17) is 17.3 Å². The third-order valence-electron chi connectivity index (χ3n) is 3.10. The van der Waals surface area contributed by atoms with Crippen LogP contribution in [-0.2, 0) is 6.42 Å². The fourth-order valence-corrected chi connectivity index (χ4v) is 2.35. The van der Waals surface area contributed by atoms with Crippen molar-refractivity contribution in [3.63, 3.8) is 0 Å². The Morgan fingerprint density at radius 3 is 2.75 bits per heavy atom. The molecule has 1 saturated carbocycles. The Balaban J connectivity index is 2.30. The Bertz CT molecular complexity index is 361. The second-order valence-electron chi connectivity index (χ2n) is 4.33. The monoisotopic (exact) mass is 238 g/mol. The number of rotatable bonds is 5. The Morgan fingerprint density at radius 2 is 2.19 bits per heavy atom. The normalized spacial score (nSPS) is 15.2. The lowest BCUT2D eigenvalue weighted by Gasteiger charge is -2.25. The standard InChI is InChI=1S/C13H19ClN2/c1-2-16(12-5-6-12)13-9-11(14)4-3-10(13)7-8-15/h3-4,9,12H,2,5-8,15H2,1H3. The van der Waals surface area contributed by atoms with E-state index in [1.54, 1.807) is 0 Å². The Kier molecular flexibility index (Phi) is 3.72. The zero-order valence-electron chi connectivity index (χ0n) is 9.75. The fraction of sp³-hybridized carbons (Fsp3) is 0.538. The van der Waals surface area contributed by atoms with Gasteiger partial charge in [0.05, 0.1) is 0 Å². The van der Waals surface area contributed by atoms with E-state index in [1.807, 2.05) is 6.07 Å². The summed E-state index contributed by atoms with van der Waals surface area (Å²) >= 11 is 6.09. The predicted octanol–water partition coefficient (Wildman–Crippen LogP) is 2.83. The van der Waals surface area contributed by atoms with Crippen molar-refractivity contribution in [3.8, 4) is 0 Å². The third-order valence-corrected chi connectivity index (χ3v) is 3.33. The van der Waals surface area contributed by atoms with Crippen LogP contribution in [0, 0.1) is 0 Å². The van der Waals surface area contributed by atoms with Gasteiger partial charge >= 0.3 is 0 Å². The van der Waals surface area contributed by atoms with Gasteiger partial charge in [0.25, 0.3) is 0 Å². The van der Waals surface area contributed by atoms with Crippen LogP contribution in [0.4, 0.5) is 5.69 Å². The number of anilines is 1. The topological polar surface area (TPSA) is 29.3 Å². The molecule has 2 rings (SSSR count). The van der Waals surface area contributed by atoms with E-state index in [2.05, 4.69) is 24.0 Å². The SMILES string of the molecule is CCN(c1cc(Cl)ccc1CCN)C1CC1. The summed E-state index contributed by atoms with van der Waals surface area (Å²) < 4.78 is 0. The number of hydrogen-bond acceptors (Lipinski definition) is 2. The highest BCUT2D eigenvalue weighted by molar-refractivity contribution is 6.30. The van der Waals surface area contributed by atoms with Crippen LogP contribution in [0.1, 0.15) is 25.3 Å². The second-order valence-corrected chi connectivity index (χ2v) is 4.77. The number of halogens is 1. The summed E-state index contributed by atoms with van der Waals surface area (Å²) in [6.45, 7) is 3.94. The molecule has 0 unspecified atom stereocenters. The molecule has 1 aliphatic rings. The highest BCUT2D eigenvalue weighted by atomic mass is 35.5. The number of nitrogens with two attached hydrogens (primary N) is 1. The highest BCUT2D eigenvalue weighted by Gasteiger charge is 2.29. The maximum Gasteiger partial charge on any atom is 0.0426 e. The minimum atomic E-state index is 0.691. The van der Waals surface area contributed by atoms with Crippen LogP contribution in [-0.4, -0.2) is 19.1 Å². The number of benzene rings is 1. The highest BCUT2D eigenvalue weighted by Crippen LogP contribution is 2.34. The summed E-state index contributed by atoms with van der Waals surface area (Å²) in [5, 5.41) is 0.815. The van der Waals surface area contributed by atoms with Crippen LogP contribution < -0.4 is 10.6 Å². The van der Waals surface area contributed by atoms with Crippen LogP contribution in [0.25, 0.3) is 0 Å². The van der Waals surface area contributed by atoms with Gasteiger partial charge in [-0.05, 0) is 50.4 Å². The first kappa shape index (κ1) is 11.7. The summed E-state index contributed by atoms with van der Waals surface area (Å²) in [5.41, 5.74) is 8.25. The molecule has 1 aromatic rings. The molecule has 0 bridgehead atoms. The van der Waals surface area contributed by atoms with Gasteiger partial charge in [-0.25, -0.2) is 0 Å². The maximum atomic E-state index is 6.09. The molecule has 0 saturated heterocycles. The average Bonchev–Trinajstić information content (AvgIpc) is 3.07. The predicted molar refractivity (Wildman–Crippen MR) is 70.3 cm³/mol. The second kappa shape index (κ2) is 5.07. The molecule has 0 atom stereocenters. The van der Waals surface area contributed by atoms with Gasteiger partial charge in [0, 0.05) is 23.3 Å². The Hall–Kier alpha value is -0.730. The van der Waals surface area contributed by atoms with Crippen LogP contribution in [0.2, 0.25) is 5.02 Å². The van der Waals surface area contributed by atoms with Crippen molar-refractivity contribution >= 4 is 17.3 Å². The average molecular weight is 239 g/mol. The molecule has 1 fully saturated rings. The molecule has 1 aliphatic carbocycles. The van der Waals surface area contributed by atoms with Crippen molar-refractivity contribution in [2.24, 2.45) is 5.73 Å². The van der Waals surface area contributed by atoms with Crippen molar-refractivity contribution in [2.75, 3.05) is 18.0 Å². The Labute approximate surface area is 102 Å². The molecule has 16 heavy (non-hydrogen) atoms. The van der Waals surface area contributed by atoms with Crippen molar-refractivity contribution in [3.05, 3.63) is 28.8 Å². The summed E-state index contributed by atoms with van der Waals surface area (Å²) in [5.74, 6) is 0. The molecule has 0 heterocycles. The first-order chi connectivity index (χ1) is 7.76. The molecule has 0 spiro atoms. The number of hydrogen-bond donors (Lipinski definition) is 1. The van der Waals surface area contributed by atoms with Gasteiger partial charge in [-0.3, -0.25) is 0 Å². The van der Waals surface area contributed by atoms with E-state index < -0.39 is 0 Å². The van der Waals surface area contributed by atoms with Gasteiger partial charge in [0.2, 0.25) is 0 Å². The number of nitrogens with zero attached hydrogens (tertiary/aromatic N) is 1. The van der Waals surface area contributed by atoms with Gasteiger partial charge in [-0.15, -0.1) is 0 Å². The van der Waals surface area contributed by atoms with Crippen LogP contribution in [0.5, 0.6) is 0 Å². The minimum Gasteiger partial charge on any atom is -0.369 e. The summed E-state index contributed by atoms with van der Waals surface area (Å²) in [6, 6.07) is 6.86. The van der Waals surface area contributed by atoms with Gasteiger partial charge < -0.3 is 10.6 Å².